The standard InChI is InChI=1S/C16H20O3/c17-16(12-6-4-2-1-3-5-7-12)13-8-9-14-15(10-13)19-11-18-14/h6,8-10,16-17H,1-5,7,11H2/b12-6+. The first-order chi connectivity index (χ1) is 9.34. The third kappa shape index (κ3) is 2.76. The van der Waals surface area contributed by atoms with E-state index in [9.17, 15) is 5.11 Å². The Bertz CT molecular complexity index is 479. The number of fused-ring (bicyclic) bond motifs is 1. The summed E-state index contributed by atoms with van der Waals surface area (Å²) in [7, 11) is 0. The van der Waals surface area contributed by atoms with E-state index in [1.807, 2.05) is 18.2 Å². The Hall–Kier alpha value is -1.48. The highest BCUT2D eigenvalue weighted by Gasteiger charge is 2.19. The average Bonchev–Trinajstić information content (AvgIpc) is 2.84. The molecule has 3 heteroatoms. The normalized spacial score (nSPS) is 23.1. The Morgan fingerprint density at radius 3 is 2.79 bits per heavy atom. The van der Waals surface area contributed by atoms with Crippen LogP contribution in [-0.4, -0.2) is 11.9 Å². The van der Waals surface area contributed by atoms with Gasteiger partial charge < -0.3 is 14.6 Å². The lowest BCUT2D eigenvalue weighted by Gasteiger charge is -2.18. The lowest BCUT2D eigenvalue weighted by molar-refractivity contribution is 0.173. The highest BCUT2D eigenvalue weighted by atomic mass is 16.7. The lowest BCUT2D eigenvalue weighted by atomic mass is 9.93. The second kappa shape index (κ2) is 5.66. The second-order valence-electron chi connectivity index (χ2n) is 5.25. The summed E-state index contributed by atoms with van der Waals surface area (Å²) in [6.45, 7) is 0.275. The molecular weight excluding hydrogens is 240 g/mol. The van der Waals surface area contributed by atoms with Gasteiger partial charge in [0.2, 0.25) is 6.79 Å². The molecule has 0 spiro atoms. The first-order valence-corrected chi connectivity index (χ1v) is 7.11. The van der Waals surface area contributed by atoms with E-state index in [1.54, 1.807) is 0 Å². The predicted octanol–water partition coefficient (Wildman–Crippen LogP) is 3.73. The van der Waals surface area contributed by atoms with Crippen LogP contribution in [-0.2, 0) is 0 Å². The summed E-state index contributed by atoms with van der Waals surface area (Å²) in [5, 5.41) is 10.5. The maximum Gasteiger partial charge on any atom is 0.231 e. The van der Waals surface area contributed by atoms with Gasteiger partial charge in [-0.1, -0.05) is 25.0 Å². The third-order valence-corrected chi connectivity index (χ3v) is 3.89. The van der Waals surface area contributed by atoms with Crippen molar-refractivity contribution in [3.8, 4) is 11.5 Å². The van der Waals surface area contributed by atoms with Gasteiger partial charge in [-0.15, -0.1) is 0 Å². The van der Waals surface area contributed by atoms with E-state index < -0.39 is 6.10 Å². The van der Waals surface area contributed by atoms with Gasteiger partial charge in [-0.2, -0.15) is 0 Å². The van der Waals surface area contributed by atoms with E-state index in [1.165, 1.54) is 25.7 Å². The van der Waals surface area contributed by atoms with Crippen LogP contribution in [0.2, 0.25) is 0 Å². The van der Waals surface area contributed by atoms with E-state index in [0.29, 0.717) is 0 Å². The quantitative estimate of drug-likeness (QED) is 0.823. The zero-order valence-corrected chi connectivity index (χ0v) is 11.1. The third-order valence-electron chi connectivity index (χ3n) is 3.89. The maximum absolute atomic E-state index is 10.5. The van der Waals surface area contributed by atoms with Gasteiger partial charge in [-0.3, -0.25) is 0 Å². The fourth-order valence-electron chi connectivity index (χ4n) is 2.76. The van der Waals surface area contributed by atoms with Crippen LogP contribution in [0.1, 0.15) is 50.2 Å². The van der Waals surface area contributed by atoms with Crippen LogP contribution in [0.4, 0.5) is 0 Å². The Morgan fingerprint density at radius 1 is 1.00 bits per heavy atom. The van der Waals surface area contributed by atoms with Crippen LogP contribution in [0.15, 0.2) is 29.8 Å². The smallest absolute Gasteiger partial charge is 0.231 e. The van der Waals surface area contributed by atoms with Gasteiger partial charge in [0.25, 0.3) is 0 Å². The first kappa shape index (κ1) is 12.5. The van der Waals surface area contributed by atoms with Crippen molar-refractivity contribution >= 4 is 0 Å². The molecule has 0 aromatic heterocycles. The van der Waals surface area contributed by atoms with Crippen LogP contribution in [0.25, 0.3) is 0 Å². The number of ether oxygens (including phenoxy) is 2. The highest BCUT2D eigenvalue weighted by Crippen LogP contribution is 2.36. The molecule has 1 N–H and O–H groups in total. The molecular formula is C16H20O3. The average molecular weight is 260 g/mol. The number of benzene rings is 1. The summed E-state index contributed by atoms with van der Waals surface area (Å²) < 4.78 is 10.7. The highest BCUT2D eigenvalue weighted by molar-refractivity contribution is 5.46. The Balaban J connectivity index is 1.80. The summed E-state index contributed by atoms with van der Waals surface area (Å²) >= 11 is 0. The number of allylic oxidation sites excluding steroid dienone is 1. The van der Waals surface area contributed by atoms with Gasteiger partial charge in [-0.25, -0.2) is 0 Å². The van der Waals surface area contributed by atoms with Crippen LogP contribution in [0.5, 0.6) is 11.5 Å². The molecule has 0 bridgehead atoms. The van der Waals surface area contributed by atoms with Crippen molar-refractivity contribution in [2.45, 2.75) is 44.6 Å². The Labute approximate surface area is 113 Å². The van der Waals surface area contributed by atoms with Gasteiger partial charge in [0.15, 0.2) is 11.5 Å². The van der Waals surface area contributed by atoms with Crippen molar-refractivity contribution in [1.29, 1.82) is 0 Å². The van der Waals surface area contributed by atoms with E-state index in [4.69, 9.17) is 9.47 Å². The lowest BCUT2D eigenvalue weighted by Crippen LogP contribution is -2.03. The molecule has 1 aromatic rings. The molecule has 1 aliphatic heterocycles. The SMILES string of the molecule is OC(/C1=C/CCCCCC1)c1ccc2c(c1)OCO2. The number of hydrogen-bond donors (Lipinski definition) is 1. The molecule has 0 amide bonds. The van der Waals surface area contributed by atoms with Crippen LogP contribution < -0.4 is 9.47 Å². The topological polar surface area (TPSA) is 38.7 Å². The zero-order valence-electron chi connectivity index (χ0n) is 11.1. The van der Waals surface area contributed by atoms with Crippen molar-refractivity contribution in [1.82, 2.24) is 0 Å². The number of rotatable bonds is 2. The molecule has 0 saturated heterocycles. The molecule has 0 saturated carbocycles. The largest absolute Gasteiger partial charge is 0.454 e. The molecule has 1 unspecified atom stereocenters. The van der Waals surface area contributed by atoms with Crippen LogP contribution in [0, 0.1) is 0 Å². The molecule has 102 valence electrons. The fraction of sp³-hybridized carbons (Fsp3) is 0.500. The molecule has 19 heavy (non-hydrogen) atoms. The van der Waals surface area contributed by atoms with Crippen LogP contribution in [0.3, 0.4) is 0 Å². The van der Waals surface area contributed by atoms with Crippen molar-refractivity contribution in [3.05, 3.63) is 35.4 Å². The van der Waals surface area contributed by atoms with Gasteiger partial charge in [0, 0.05) is 0 Å². The zero-order chi connectivity index (χ0) is 13.1. The first-order valence-electron chi connectivity index (χ1n) is 7.11. The summed E-state index contributed by atoms with van der Waals surface area (Å²) in [6, 6.07) is 5.70. The monoisotopic (exact) mass is 260 g/mol. The fourth-order valence-corrected chi connectivity index (χ4v) is 2.76. The minimum Gasteiger partial charge on any atom is -0.454 e. The maximum atomic E-state index is 10.5. The van der Waals surface area contributed by atoms with Gasteiger partial charge in [0.1, 0.15) is 6.10 Å². The van der Waals surface area contributed by atoms with E-state index in [2.05, 4.69) is 6.08 Å². The Kier molecular flexibility index (Phi) is 3.74. The number of aliphatic hydroxyl groups is 1. The van der Waals surface area contributed by atoms with E-state index in [0.717, 1.165) is 35.5 Å². The van der Waals surface area contributed by atoms with Crippen molar-refractivity contribution in [2.75, 3.05) is 6.79 Å². The Morgan fingerprint density at radius 2 is 1.84 bits per heavy atom. The number of hydrogen-bond acceptors (Lipinski definition) is 3. The molecule has 3 rings (SSSR count). The minimum atomic E-state index is -0.507. The summed E-state index contributed by atoms with van der Waals surface area (Å²) in [4.78, 5) is 0. The van der Waals surface area contributed by atoms with Crippen LogP contribution >= 0.6 is 0 Å². The summed E-state index contributed by atoms with van der Waals surface area (Å²) in [5.74, 6) is 1.51. The molecule has 0 fully saturated rings. The van der Waals surface area contributed by atoms with Crippen molar-refractivity contribution in [3.63, 3.8) is 0 Å². The molecule has 1 atom stereocenters. The summed E-state index contributed by atoms with van der Waals surface area (Å²) in [6.07, 6.45) is 8.77. The minimum absolute atomic E-state index is 0.275. The van der Waals surface area contributed by atoms with Crippen molar-refractivity contribution < 1.29 is 14.6 Å². The second-order valence-corrected chi connectivity index (χ2v) is 5.25. The van der Waals surface area contributed by atoms with Gasteiger partial charge in [-0.05, 0) is 49.0 Å². The molecule has 1 aliphatic carbocycles. The van der Waals surface area contributed by atoms with Gasteiger partial charge in [0.05, 0.1) is 0 Å². The van der Waals surface area contributed by atoms with E-state index in [-0.39, 0.29) is 6.79 Å². The number of aliphatic hydroxyl groups excluding tert-OH is 1. The molecule has 3 nitrogen and oxygen atoms in total. The van der Waals surface area contributed by atoms with Crippen molar-refractivity contribution in [2.24, 2.45) is 0 Å². The summed E-state index contributed by atoms with van der Waals surface area (Å²) in [5.41, 5.74) is 2.05. The molecule has 2 aliphatic rings. The molecule has 0 radical (unpaired) electrons. The predicted molar refractivity (Wildman–Crippen MR) is 73.3 cm³/mol. The van der Waals surface area contributed by atoms with Gasteiger partial charge >= 0.3 is 0 Å². The molecule has 1 heterocycles. The molecule has 1 aromatic carbocycles. The van der Waals surface area contributed by atoms with E-state index >= 15 is 0 Å².